The Kier molecular flexibility index (Phi) is 4.73. The number of nitrogens with one attached hydrogen (secondary N) is 1. The van der Waals surface area contributed by atoms with E-state index in [-0.39, 0.29) is 4.90 Å². The molecule has 0 aliphatic rings. The maximum atomic E-state index is 12.2. The maximum Gasteiger partial charge on any atom is 0.261 e. The molecule has 7 heteroatoms. The molecule has 0 radical (unpaired) electrons. The van der Waals surface area contributed by atoms with Crippen LogP contribution in [0.5, 0.6) is 0 Å². The summed E-state index contributed by atoms with van der Waals surface area (Å²) < 4.78 is 26.9. The van der Waals surface area contributed by atoms with Crippen molar-refractivity contribution in [3.05, 3.63) is 59.1 Å². The quantitative estimate of drug-likeness (QED) is 0.878. The molecule has 0 unspecified atom stereocenters. The third-order valence-electron chi connectivity index (χ3n) is 3.21. The standard InChI is InChI=1S/C15H15ClN2O3S/c1-10(15(17)19)11-2-6-13(7-3-11)18-22(20,21)14-8-4-12(16)5-9-14/h2-10,18H,1H3,(H2,17,19)/t10-/m0/s1. The van der Waals surface area contributed by atoms with Gasteiger partial charge in [-0.05, 0) is 48.9 Å². The summed E-state index contributed by atoms with van der Waals surface area (Å²) >= 11 is 5.74. The molecular formula is C15H15ClN2O3S. The summed E-state index contributed by atoms with van der Waals surface area (Å²) in [5.41, 5.74) is 6.36. The van der Waals surface area contributed by atoms with Crippen LogP contribution in [-0.4, -0.2) is 14.3 Å². The van der Waals surface area contributed by atoms with Gasteiger partial charge in [-0.3, -0.25) is 9.52 Å². The Labute approximate surface area is 134 Å². The molecule has 2 aromatic carbocycles. The lowest BCUT2D eigenvalue weighted by molar-refractivity contribution is -0.119. The number of carbonyl (C=O) groups is 1. The SMILES string of the molecule is C[C@H](C(N)=O)c1ccc(NS(=O)(=O)c2ccc(Cl)cc2)cc1. The summed E-state index contributed by atoms with van der Waals surface area (Å²) in [6.07, 6.45) is 0. The highest BCUT2D eigenvalue weighted by atomic mass is 35.5. The fourth-order valence-electron chi connectivity index (χ4n) is 1.83. The number of rotatable bonds is 5. The predicted molar refractivity (Wildman–Crippen MR) is 86.3 cm³/mol. The van der Waals surface area contributed by atoms with Crippen LogP contribution in [-0.2, 0) is 14.8 Å². The van der Waals surface area contributed by atoms with Crippen LogP contribution < -0.4 is 10.5 Å². The fraction of sp³-hybridized carbons (Fsp3) is 0.133. The topological polar surface area (TPSA) is 89.3 Å². The summed E-state index contributed by atoms with van der Waals surface area (Å²) in [5, 5.41) is 0.462. The number of carbonyl (C=O) groups excluding carboxylic acids is 1. The molecule has 2 rings (SSSR count). The molecule has 0 aliphatic heterocycles. The molecule has 0 aromatic heterocycles. The molecule has 0 fully saturated rings. The van der Waals surface area contributed by atoms with Crippen LogP contribution in [0.4, 0.5) is 5.69 Å². The number of amides is 1. The van der Waals surface area contributed by atoms with Gasteiger partial charge in [-0.25, -0.2) is 8.42 Å². The minimum absolute atomic E-state index is 0.117. The average Bonchev–Trinajstić information content (AvgIpc) is 2.47. The lowest BCUT2D eigenvalue weighted by Gasteiger charge is -2.11. The zero-order valence-corrected chi connectivity index (χ0v) is 13.4. The molecular weight excluding hydrogens is 324 g/mol. The van der Waals surface area contributed by atoms with Crippen molar-refractivity contribution in [1.82, 2.24) is 0 Å². The van der Waals surface area contributed by atoms with E-state index in [0.717, 1.165) is 5.56 Å². The third-order valence-corrected chi connectivity index (χ3v) is 4.86. The molecule has 1 amide bonds. The summed E-state index contributed by atoms with van der Waals surface area (Å²) in [5.74, 6) is -0.864. The van der Waals surface area contributed by atoms with Crippen molar-refractivity contribution in [3.63, 3.8) is 0 Å². The van der Waals surface area contributed by atoms with Gasteiger partial charge in [0, 0.05) is 10.7 Å². The monoisotopic (exact) mass is 338 g/mol. The maximum absolute atomic E-state index is 12.2. The molecule has 5 nitrogen and oxygen atoms in total. The first-order valence-electron chi connectivity index (χ1n) is 6.47. The van der Waals surface area contributed by atoms with Gasteiger partial charge in [0.2, 0.25) is 5.91 Å². The molecule has 22 heavy (non-hydrogen) atoms. The summed E-state index contributed by atoms with van der Waals surface area (Å²) in [6, 6.07) is 12.4. The Morgan fingerprint density at radius 3 is 2.14 bits per heavy atom. The number of halogens is 1. The molecule has 2 aromatic rings. The van der Waals surface area contributed by atoms with Crippen molar-refractivity contribution >= 4 is 33.2 Å². The van der Waals surface area contributed by atoms with Gasteiger partial charge in [0.05, 0.1) is 10.8 Å². The van der Waals surface area contributed by atoms with Gasteiger partial charge in [0.25, 0.3) is 10.0 Å². The van der Waals surface area contributed by atoms with E-state index in [9.17, 15) is 13.2 Å². The molecule has 0 saturated carbocycles. The van der Waals surface area contributed by atoms with Crippen LogP contribution in [0.25, 0.3) is 0 Å². The number of hydrogen-bond acceptors (Lipinski definition) is 3. The fourth-order valence-corrected chi connectivity index (χ4v) is 3.02. The van der Waals surface area contributed by atoms with Gasteiger partial charge in [0.1, 0.15) is 0 Å². The van der Waals surface area contributed by atoms with Crippen LogP contribution in [0.15, 0.2) is 53.4 Å². The highest BCUT2D eigenvalue weighted by molar-refractivity contribution is 7.92. The molecule has 116 valence electrons. The number of hydrogen-bond donors (Lipinski definition) is 2. The van der Waals surface area contributed by atoms with E-state index in [2.05, 4.69) is 4.72 Å². The zero-order valence-electron chi connectivity index (χ0n) is 11.8. The van der Waals surface area contributed by atoms with Crippen LogP contribution in [0, 0.1) is 0 Å². The van der Waals surface area contributed by atoms with E-state index < -0.39 is 21.8 Å². The van der Waals surface area contributed by atoms with Crippen LogP contribution in [0.3, 0.4) is 0 Å². The van der Waals surface area contributed by atoms with Crippen molar-refractivity contribution in [3.8, 4) is 0 Å². The highest BCUT2D eigenvalue weighted by Gasteiger charge is 2.15. The van der Waals surface area contributed by atoms with E-state index >= 15 is 0 Å². The van der Waals surface area contributed by atoms with E-state index in [4.69, 9.17) is 17.3 Å². The molecule has 0 saturated heterocycles. The van der Waals surface area contributed by atoms with Crippen LogP contribution in [0.1, 0.15) is 18.4 Å². The lowest BCUT2D eigenvalue weighted by atomic mass is 10.0. The van der Waals surface area contributed by atoms with Gasteiger partial charge in [-0.15, -0.1) is 0 Å². The van der Waals surface area contributed by atoms with Gasteiger partial charge < -0.3 is 5.73 Å². The van der Waals surface area contributed by atoms with Crippen molar-refractivity contribution < 1.29 is 13.2 Å². The van der Waals surface area contributed by atoms with Crippen molar-refractivity contribution in [2.24, 2.45) is 5.73 Å². The summed E-state index contributed by atoms with van der Waals surface area (Å²) in [4.78, 5) is 11.2. The van der Waals surface area contributed by atoms with E-state index in [1.54, 1.807) is 31.2 Å². The Morgan fingerprint density at radius 2 is 1.64 bits per heavy atom. The van der Waals surface area contributed by atoms with E-state index in [1.807, 2.05) is 0 Å². The Bertz CT molecular complexity index is 771. The molecule has 0 heterocycles. The third kappa shape index (κ3) is 3.78. The summed E-state index contributed by atoms with van der Waals surface area (Å²) in [6.45, 7) is 1.69. The first kappa shape index (κ1) is 16.3. The predicted octanol–water partition coefficient (Wildman–Crippen LogP) is 2.73. The Morgan fingerprint density at radius 1 is 1.09 bits per heavy atom. The number of sulfonamides is 1. The first-order valence-corrected chi connectivity index (χ1v) is 8.33. The van der Waals surface area contributed by atoms with Crippen molar-refractivity contribution in [2.75, 3.05) is 4.72 Å². The van der Waals surface area contributed by atoms with E-state index in [1.165, 1.54) is 24.3 Å². The minimum Gasteiger partial charge on any atom is -0.369 e. The van der Waals surface area contributed by atoms with E-state index in [0.29, 0.717) is 10.7 Å². The van der Waals surface area contributed by atoms with Crippen molar-refractivity contribution in [2.45, 2.75) is 17.7 Å². The smallest absolute Gasteiger partial charge is 0.261 e. The second-order valence-electron chi connectivity index (χ2n) is 4.81. The number of anilines is 1. The minimum atomic E-state index is -3.68. The summed E-state index contributed by atoms with van der Waals surface area (Å²) in [7, 11) is -3.68. The van der Waals surface area contributed by atoms with Crippen molar-refractivity contribution in [1.29, 1.82) is 0 Å². The second kappa shape index (κ2) is 6.37. The molecule has 3 N–H and O–H groups in total. The molecule has 0 spiro atoms. The molecule has 0 bridgehead atoms. The first-order chi connectivity index (χ1) is 10.3. The Hall–Kier alpha value is -2.05. The van der Waals surface area contributed by atoms with Crippen LogP contribution >= 0.6 is 11.6 Å². The highest BCUT2D eigenvalue weighted by Crippen LogP contribution is 2.21. The molecule has 0 aliphatic carbocycles. The number of primary amides is 1. The largest absolute Gasteiger partial charge is 0.369 e. The number of nitrogens with two attached hydrogens (primary N) is 1. The van der Waals surface area contributed by atoms with Crippen LogP contribution in [0.2, 0.25) is 5.02 Å². The zero-order chi connectivity index (χ0) is 16.3. The Balaban J connectivity index is 2.20. The van der Waals surface area contributed by atoms with Gasteiger partial charge >= 0.3 is 0 Å². The van der Waals surface area contributed by atoms with Gasteiger partial charge in [-0.2, -0.15) is 0 Å². The lowest BCUT2D eigenvalue weighted by Crippen LogP contribution is -2.18. The average molecular weight is 339 g/mol. The number of benzene rings is 2. The van der Waals surface area contributed by atoms with Gasteiger partial charge in [0.15, 0.2) is 0 Å². The molecule has 1 atom stereocenters. The normalized spacial score (nSPS) is 12.6. The van der Waals surface area contributed by atoms with Gasteiger partial charge in [-0.1, -0.05) is 23.7 Å². The second-order valence-corrected chi connectivity index (χ2v) is 6.92.